The summed E-state index contributed by atoms with van der Waals surface area (Å²) in [5.74, 6) is 0.112. The lowest BCUT2D eigenvalue weighted by atomic mass is 10.1. The topological polar surface area (TPSA) is 64.6 Å². The number of rotatable bonds is 9. The molecule has 2 aromatic carbocycles. The molecule has 5 heteroatoms. The average molecular weight is 369 g/mol. The van der Waals surface area contributed by atoms with Crippen LogP contribution < -0.4 is 10.1 Å². The van der Waals surface area contributed by atoms with Crippen molar-refractivity contribution in [2.24, 2.45) is 0 Å². The first-order chi connectivity index (χ1) is 12.8. The van der Waals surface area contributed by atoms with Gasteiger partial charge in [0.1, 0.15) is 11.4 Å². The fourth-order valence-electron chi connectivity index (χ4n) is 2.43. The maximum Gasteiger partial charge on any atom is 0.344 e. The Morgan fingerprint density at radius 3 is 2.26 bits per heavy atom. The third-order valence-corrected chi connectivity index (χ3v) is 3.67. The van der Waals surface area contributed by atoms with Gasteiger partial charge in [-0.05, 0) is 63.6 Å². The van der Waals surface area contributed by atoms with Gasteiger partial charge in [-0.25, -0.2) is 4.79 Å². The van der Waals surface area contributed by atoms with Crippen molar-refractivity contribution >= 4 is 11.8 Å². The van der Waals surface area contributed by atoms with Crippen molar-refractivity contribution in [3.8, 4) is 5.75 Å². The van der Waals surface area contributed by atoms with Crippen LogP contribution in [0.4, 0.5) is 0 Å². The van der Waals surface area contributed by atoms with E-state index in [0.29, 0.717) is 11.3 Å². The van der Waals surface area contributed by atoms with Crippen LogP contribution in [0.5, 0.6) is 5.75 Å². The highest BCUT2D eigenvalue weighted by Gasteiger charge is 2.16. The number of hydrogen-bond acceptors (Lipinski definition) is 5. The number of carbonyl (C=O) groups is 2. The van der Waals surface area contributed by atoms with E-state index in [2.05, 4.69) is 17.4 Å². The summed E-state index contributed by atoms with van der Waals surface area (Å²) >= 11 is 0. The molecule has 0 aliphatic carbocycles. The summed E-state index contributed by atoms with van der Waals surface area (Å²) < 4.78 is 10.6. The Bertz CT molecular complexity index is 733. The molecule has 0 saturated heterocycles. The fraction of sp³-hybridized carbons (Fsp3) is 0.364. The molecule has 0 spiro atoms. The van der Waals surface area contributed by atoms with Gasteiger partial charge in [-0.2, -0.15) is 0 Å². The maximum atomic E-state index is 12.2. The molecule has 1 N–H and O–H groups in total. The summed E-state index contributed by atoms with van der Waals surface area (Å²) in [6, 6.07) is 16.9. The number of ether oxygens (including phenoxy) is 2. The van der Waals surface area contributed by atoms with Gasteiger partial charge in [-0.1, -0.05) is 30.3 Å². The Hall–Kier alpha value is -2.66. The lowest BCUT2D eigenvalue weighted by Crippen LogP contribution is -2.27. The second kappa shape index (κ2) is 9.88. The molecule has 0 heterocycles. The van der Waals surface area contributed by atoms with E-state index in [1.165, 1.54) is 5.56 Å². The molecule has 0 saturated carbocycles. The van der Waals surface area contributed by atoms with Gasteiger partial charge >= 0.3 is 5.97 Å². The molecule has 27 heavy (non-hydrogen) atoms. The maximum absolute atomic E-state index is 12.2. The van der Waals surface area contributed by atoms with Crippen molar-refractivity contribution in [3.05, 3.63) is 65.7 Å². The van der Waals surface area contributed by atoms with Gasteiger partial charge in [0, 0.05) is 5.56 Å². The summed E-state index contributed by atoms with van der Waals surface area (Å²) in [6.07, 6.45) is 0.881. The van der Waals surface area contributed by atoms with Gasteiger partial charge in [0.05, 0.1) is 6.54 Å². The number of benzene rings is 2. The summed E-state index contributed by atoms with van der Waals surface area (Å²) in [4.78, 5) is 23.9. The van der Waals surface area contributed by atoms with Gasteiger partial charge in [-0.3, -0.25) is 4.79 Å². The van der Waals surface area contributed by atoms with Gasteiger partial charge in [-0.15, -0.1) is 0 Å². The lowest BCUT2D eigenvalue weighted by molar-refractivity contribution is -0.157. The highest BCUT2D eigenvalue weighted by Crippen LogP contribution is 2.13. The molecule has 0 aliphatic rings. The van der Waals surface area contributed by atoms with Crippen LogP contribution >= 0.6 is 0 Å². The zero-order valence-electron chi connectivity index (χ0n) is 16.2. The standard InChI is InChI=1S/C22H27NO4/c1-22(2,3)27-21(25)16-26-19-11-9-18(10-12-19)20(24)15-23-14-13-17-7-5-4-6-8-17/h4-12,23H,13-16H2,1-3H3. The molecule has 2 aromatic rings. The number of carbonyl (C=O) groups excluding carboxylic acids is 2. The molecule has 0 fully saturated rings. The van der Waals surface area contributed by atoms with E-state index >= 15 is 0 Å². The minimum Gasteiger partial charge on any atom is -0.482 e. The summed E-state index contributed by atoms with van der Waals surface area (Å²) in [6.45, 7) is 6.28. The molecular weight excluding hydrogens is 342 g/mol. The normalized spacial score (nSPS) is 11.1. The molecule has 0 amide bonds. The number of ketones is 1. The molecule has 0 atom stereocenters. The molecule has 0 unspecified atom stereocenters. The van der Waals surface area contributed by atoms with Crippen LogP contribution in [0.15, 0.2) is 54.6 Å². The predicted molar refractivity (Wildman–Crippen MR) is 105 cm³/mol. The zero-order chi connectivity index (χ0) is 19.7. The number of Topliss-reactive ketones (excluding diaryl/α,β-unsaturated/α-hetero) is 1. The third-order valence-electron chi connectivity index (χ3n) is 3.67. The van der Waals surface area contributed by atoms with Crippen LogP contribution in [0.25, 0.3) is 0 Å². The Labute approximate surface area is 160 Å². The first-order valence-electron chi connectivity index (χ1n) is 9.06. The largest absolute Gasteiger partial charge is 0.482 e. The lowest BCUT2D eigenvalue weighted by Gasteiger charge is -2.19. The van der Waals surface area contributed by atoms with E-state index in [9.17, 15) is 9.59 Å². The van der Waals surface area contributed by atoms with Crippen molar-refractivity contribution < 1.29 is 19.1 Å². The highest BCUT2D eigenvalue weighted by atomic mass is 16.6. The second-order valence-electron chi connectivity index (χ2n) is 7.24. The molecule has 0 bridgehead atoms. The summed E-state index contributed by atoms with van der Waals surface area (Å²) in [5.41, 5.74) is 1.31. The smallest absolute Gasteiger partial charge is 0.344 e. The van der Waals surface area contributed by atoms with E-state index in [1.807, 2.05) is 18.2 Å². The van der Waals surface area contributed by atoms with Crippen molar-refractivity contribution in [3.63, 3.8) is 0 Å². The Kier molecular flexibility index (Phi) is 7.55. The third kappa shape index (κ3) is 8.05. The number of hydrogen-bond donors (Lipinski definition) is 1. The van der Waals surface area contributed by atoms with E-state index in [-0.39, 0.29) is 18.9 Å². The first kappa shape index (κ1) is 20.6. The molecule has 0 aliphatic heterocycles. The number of nitrogens with one attached hydrogen (secondary N) is 1. The van der Waals surface area contributed by atoms with Gasteiger partial charge in [0.25, 0.3) is 0 Å². The Morgan fingerprint density at radius 1 is 0.963 bits per heavy atom. The van der Waals surface area contributed by atoms with Crippen LogP contribution in [-0.4, -0.2) is 37.0 Å². The molecular formula is C22H27NO4. The first-order valence-corrected chi connectivity index (χ1v) is 9.06. The van der Waals surface area contributed by atoms with Crippen LogP contribution in [0, 0.1) is 0 Å². The van der Waals surface area contributed by atoms with Gasteiger partial charge in [0.15, 0.2) is 12.4 Å². The van der Waals surface area contributed by atoms with E-state index in [1.54, 1.807) is 45.0 Å². The zero-order valence-corrected chi connectivity index (χ0v) is 16.2. The second-order valence-corrected chi connectivity index (χ2v) is 7.24. The predicted octanol–water partition coefficient (Wildman–Crippen LogP) is 3.42. The van der Waals surface area contributed by atoms with Crippen LogP contribution in [0.1, 0.15) is 36.7 Å². The monoisotopic (exact) mass is 369 g/mol. The molecule has 5 nitrogen and oxygen atoms in total. The van der Waals surface area contributed by atoms with Crippen molar-refractivity contribution in [2.75, 3.05) is 19.7 Å². The molecule has 2 rings (SSSR count). The fourth-order valence-corrected chi connectivity index (χ4v) is 2.43. The quantitative estimate of drug-likeness (QED) is 0.417. The molecule has 0 radical (unpaired) electrons. The van der Waals surface area contributed by atoms with E-state index in [0.717, 1.165) is 13.0 Å². The van der Waals surface area contributed by atoms with E-state index in [4.69, 9.17) is 9.47 Å². The summed E-state index contributed by atoms with van der Waals surface area (Å²) in [7, 11) is 0. The van der Waals surface area contributed by atoms with E-state index < -0.39 is 11.6 Å². The van der Waals surface area contributed by atoms with Gasteiger partial charge < -0.3 is 14.8 Å². The SMILES string of the molecule is CC(C)(C)OC(=O)COc1ccc(C(=O)CNCCc2ccccc2)cc1. The summed E-state index contributed by atoms with van der Waals surface area (Å²) in [5, 5.41) is 3.17. The molecule has 0 aromatic heterocycles. The Morgan fingerprint density at radius 2 is 1.63 bits per heavy atom. The van der Waals surface area contributed by atoms with Gasteiger partial charge in [0.2, 0.25) is 0 Å². The highest BCUT2D eigenvalue weighted by molar-refractivity contribution is 5.97. The minimum atomic E-state index is -0.537. The average Bonchev–Trinajstić information content (AvgIpc) is 2.63. The van der Waals surface area contributed by atoms with Crippen molar-refractivity contribution in [1.82, 2.24) is 5.32 Å². The van der Waals surface area contributed by atoms with Crippen LogP contribution in [-0.2, 0) is 16.0 Å². The number of esters is 1. The Balaban J connectivity index is 1.72. The van der Waals surface area contributed by atoms with Crippen molar-refractivity contribution in [1.29, 1.82) is 0 Å². The van der Waals surface area contributed by atoms with Crippen LogP contribution in [0.2, 0.25) is 0 Å². The van der Waals surface area contributed by atoms with Crippen molar-refractivity contribution in [2.45, 2.75) is 32.8 Å². The minimum absolute atomic E-state index is 0.0155. The molecule has 144 valence electrons. The van der Waals surface area contributed by atoms with Crippen LogP contribution in [0.3, 0.4) is 0 Å².